The van der Waals surface area contributed by atoms with Crippen molar-refractivity contribution < 1.29 is 4.79 Å². The summed E-state index contributed by atoms with van der Waals surface area (Å²) < 4.78 is 0. The number of carbonyl (C=O) groups is 1. The third kappa shape index (κ3) is 3.94. The fourth-order valence-electron chi connectivity index (χ4n) is 3.77. The van der Waals surface area contributed by atoms with Crippen LogP contribution in [0.4, 0.5) is 10.9 Å². The van der Waals surface area contributed by atoms with Crippen LogP contribution >= 0.6 is 11.3 Å². The number of thiazole rings is 1. The molecule has 0 radical (unpaired) electrons. The molecule has 2 saturated heterocycles. The summed E-state index contributed by atoms with van der Waals surface area (Å²) in [5.41, 5.74) is 1.47. The molecule has 2 fully saturated rings. The summed E-state index contributed by atoms with van der Waals surface area (Å²) in [5.74, 6) is 0.724. The molecule has 2 aromatic heterocycles. The Bertz CT molecular complexity index is 854. The first kappa shape index (κ1) is 17.9. The molecule has 7 nitrogen and oxygen atoms in total. The van der Waals surface area contributed by atoms with Gasteiger partial charge in [-0.15, -0.1) is 11.3 Å². The van der Waals surface area contributed by atoms with E-state index in [2.05, 4.69) is 21.3 Å². The Morgan fingerprint density at radius 1 is 1.26 bits per heavy atom. The molecular weight excluding hydrogens is 360 g/mol. The van der Waals surface area contributed by atoms with Crippen molar-refractivity contribution in [3.63, 3.8) is 0 Å². The highest BCUT2D eigenvalue weighted by atomic mass is 32.1. The van der Waals surface area contributed by atoms with Crippen LogP contribution < -0.4 is 5.32 Å². The Balaban J connectivity index is 1.46. The first-order valence-corrected chi connectivity index (χ1v) is 10.2. The number of nitrogens with one attached hydrogen (secondary N) is 1. The van der Waals surface area contributed by atoms with E-state index in [1.165, 1.54) is 11.3 Å². The summed E-state index contributed by atoms with van der Waals surface area (Å²) in [6, 6.07) is 8.31. The zero-order valence-electron chi connectivity index (χ0n) is 15.1. The molecule has 0 bridgehead atoms. The molecule has 0 spiro atoms. The summed E-state index contributed by atoms with van der Waals surface area (Å²) in [6.07, 6.45) is 4.24. The van der Waals surface area contributed by atoms with Crippen molar-refractivity contribution in [2.24, 2.45) is 0 Å². The summed E-state index contributed by atoms with van der Waals surface area (Å²) >= 11 is 1.42. The van der Waals surface area contributed by atoms with E-state index in [0.29, 0.717) is 23.2 Å². The largest absolute Gasteiger partial charge is 0.337 e. The molecule has 0 aliphatic carbocycles. The fourth-order valence-corrected chi connectivity index (χ4v) is 4.46. The van der Waals surface area contributed by atoms with Crippen molar-refractivity contribution in [2.75, 3.05) is 31.5 Å². The SMILES string of the molecule is N#CCN1CCC[C@@H]1c1cccc(Nc2nc(C(=O)N3CCCC3)cs2)n1. The maximum Gasteiger partial charge on any atom is 0.273 e. The highest BCUT2D eigenvalue weighted by Gasteiger charge is 2.27. The summed E-state index contributed by atoms with van der Waals surface area (Å²) in [4.78, 5) is 25.6. The van der Waals surface area contributed by atoms with Crippen LogP contribution in [0.25, 0.3) is 0 Å². The highest BCUT2D eigenvalue weighted by Crippen LogP contribution is 2.31. The van der Waals surface area contributed by atoms with Crippen molar-refractivity contribution in [3.05, 3.63) is 35.0 Å². The highest BCUT2D eigenvalue weighted by molar-refractivity contribution is 7.14. The van der Waals surface area contributed by atoms with E-state index in [1.807, 2.05) is 23.1 Å². The molecule has 0 saturated carbocycles. The Kier molecular flexibility index (Phi) is 5.32. The van der Waals surface area contributed by atoms with Gasteiger partial charge in [-0.1, -0.05) is 6.07 Å². The quantitative estimate of drug-likeness (QED) is 0.800. The number of rotatable bonds is 5. The zero-order valence-corrected chi connectivity index (χ0v) is 15.9. The van der Waals surface area contributed by atoms with E-state index in [0.717, 1.165) is 51.0 Å². The van der Waals surface area contributed by atoms with E-state index < -0.39 is 0 Å². The fraction of sp³-hybridized carbons (Fsp3) is 0.474. The third-order valence-corrected chi connectivity index (χ3v) is 5.86. The zero-order chi connectivity index (χ0) is 18.6. The van der Waals surface area contributed by atoms with Gasteiger partial charge in [-0.05, 0) is 44.4 Å². The predicted molar refractivity (Wildman–Crippen MR) is 104 cm³/mol. The van der Waals surface area contributed by atoms with Gasteiger partial charge >= 0.3 is 0 Å². The molecule has 27 heavy (non-hydrogen) atoms. The number of nitrogens with zero attached hydrogens (tertiary/aromatic N) is 5. The van der Waals surface area contributed by atoms with Gasteiger partial charge in [0.15, 0.2) is 5.13 Å². The standard InChI is InChI=1S/C19H22N6OS/c20-8-12-24-11-4-6-16(24)14-5-3-7-17(21-14)23-19-22-15(13-27-19)18(26)25-9-1-2-10-25/h3,5,7,13,16H,1-2,4,6,9-12H2,(H,21,22,23)/t16-/m1/s1. The first-order valence-electron chi connectivity index (χ1n) is 9.34. The molecule has 0 aromatic carbocycles. The summed E-state index contributed by atoms with van der Waals surface area (Å²) in [5, 5.41) is 14.7. The van der Waals surface area contributed by atoms with Crippen LogP contribution in [0.15, 0.2) is 23.6 Å². The minimum atomic E-state index is 0.0108. The normalized spacial score (nSPS) is 20.0. The van der Waals surface area contributed by atoms with Gasteiger partial charge < -0.3 is 10.2 Å². The minimum absolute atomic E-state index is 0.0108. The van der Waals surface area contributed by atoms with E-state index in [1.54, 1.807) is 5.38 Å². The second-order valence-electron chi connectivity index (χ2n) is 6.90. The van der Waals surface area contributed by atoms with E-state index in [4.69, 9.17) is 10.2 Å². The lowest BCUT2D eigenvalue weighted by molar-refractivity contribution is 0.0788. The van der Waals surface area contributed by atoms with Crippen molar-refractivity contribution in [1.82, 2.24) is 19.8 Å². The van der Waals surface area contributed by atoms with Gasteiger partial charge in [0, 0.05) is 18.5 Å². The lowest BCUT2D eigenvalue weighted by Gasteiger charge is -2.21. The number of amides is 1. The molecule has 2 aliphatic rings. The monoisotopic (exact) mass is 382 g/mol. The molecule has 140 valence electrons. The van der Waals surface area contributed by atoms with Crippen LogP contribution in [0, 0.1) is 11.3 Å². The molecule has 4 rings (SSSR count). The minimum Gasteiger partial charge on any atom is -0.337 e. The number of hydrogen-bond donors (Lipinski definition) is 1. The van der Waals surface area contributed by atoms with Crippen LogP contribution in [0.1, 0.15) is 47.9 Å². The molecule has 1 atom stereocenters. The van der Waals surface area contributed by atoms with Crippen LogP contribution in [0.5, 0.6) is 0 Å². The van der Waals surface area contributed by atoms with Crippen LogP contribution in [-0.4, -0.2) is 51.9 Å². The molecule has 8 heteroatoms. The first-order chi connectivity index (χ1) is 13.2. The maximum atomic E-state index is 12.4. The van der Waals surface area contributed by atoms with Gasteiger partial charge in [0.05, 0.1) is 24.3 Å². The van der Waals surface area contributed by atoms with Gasteiger partial charge in [-0.2, -0.15) is 5.26 Å². The number of nitriles is 1. The number of carbonyl (C=O) groups excluding carboxylic acids is 1. The Morgan fingerprint density at radius 2 is 2.11 bits per heavy atom. The van der Waals surface area contributed by atoms with Crippen molar-refractivity contribution in [3.8, 4) is 6.07 Å². The van der Waals surface area contributed by atoms with Gasteiger partial charge in [0.25, 0.3) is 5.91 Å². The molecule has 2 aliphatic heterocycles. The Labute approximate surface area is 162 Å². The number of pyridine rings is 1. The molecular formula is C19H22N6OS. The van der Waals surface area contributed by atoms with Crippen LogP contribution in [0.3, 0.4) is 0 Å². The lowest BCUT2D eigenvalue weighted by atomic mass is 10.1. The average Bonchev–Trinajstić information content (AvgIpc) is 3.44. The number of anilines is 2. The van der Waals surface area contributed by atoms with E-state index in [9.17, 15) is 4.79 Å². The summed E-state index contributed by atoms with van der Waals surface area (Å²) in [6.45, 7) is 3.01. The molecule has 4 heterocycles. The average molecular weight is 382 g/mol. The number of aromatic nitrogens is 2. The van der Waals surface area contributed by atoms with Crippen molar-refractivity contribution in [2.45, 2.75) is 31.7 Å². The number of likely N-dealkylation sites (tertiary alicyclic amines) is 2. The second-order valence-corrected chi connectivity index (χ2v) is 7.75. The van der Waals surface area contributed by atoms with Gasteiger partial charge in [0.2, 0.25) is 0 Å². The van der Waals surface area contributed by atoms with E-state index >= 15 is 0 Å². The maximum absolute atomic E-state index is 12.4. The van der Waals surface area contributed by atoms with Gasteiger partial charge in [-0.3, -0.25) is 9.69 Å². The third-order valence-electron chi connectivity index (χ3n) is 5.10. The smallest absolute Gasteiger partial charge is 0.273 e. The molecule has 1 amide bonds. The number of hydrogen-bond acceptors (Lipinski definition) is 7. The Morgan fingerprint density at radius 3 is 2.93 bits per heavy atom. The van der Waals surface area contributed by atoms with E-state index in [-0.39, 0.29) is 11.9 Å². The van der Waals surface area contributed by atoms with Crippen LogP contribution in [0.2, 0.25) is 0 Å². The Hall–Kier alpha value is -2.50. The lowest BCUT2D eigenvalue weighted by Crippen LogP contribution is -2.27. The molecule has 1 N–H and O–H groups in total. The second kappa shape index (κ2) is 8.03. The van der Waals surface area contributed by atoms with Gasteiger partial charge in [0.1, 0.15) is 11.5 Å². The van der Waals surface area contributed by atoms with Gasteiger partial charge in [-0.25, -0.2) is 9.97 Å². The molecule has 0 unspecified atom stereocenters. The van der Waals surface area contributed by atoms with Crippen molar-refractivity contribution in [1.29, 1.82) is 5.26 Å². The summed E-state index contributed by atoms with van der Waals surface area (Å²) in [7, 11) is 0. The molecule has 2 aromatic rings. The van der Waals surface area contributed by atoms with Crippen molar-refractivity contribution >= 4 is 28.2 Å². The van der Waals surface area contributed by atoms with Crippen LogP contribution in [-0.2, 0) is 0 Å². The topological polar surface area (TPSA) is 85.2 Å². The predicted octanol–water partition coefficient (Wildman–Crippen LogP) is 3.18.